The molecule has 2 atom stereocenters. The molecule has 1 aliphatic rings. The summed E-state index contributed by atoms with van der Waals surface area (Å²) in [6, 6.07) is 0.324. The van der Waals surface area contributed by atoms with Crippen molar-refractivity contribution < 1.29 is 4.79 Å². The molecule has 0 aromatic rings. The molecule has 1 fully saturated rings. The third-order valence-corrected chi connectivity index (χ3v) is 4.09. The molecule has 88 valence electrons. The van der Waals surface area contributed by atoms with E-state index < -0.39 is 0 Å². The molecule has 0 saturated carbocycles. The molecule has 0 aliphatic carbocycles. The minimum Gasteiger partial charge on any atom is -0.342 e. The van der Waals surface area contributed by atoms with Crippen LogP contribution < -0.4 is 5.32 Å². The van der Waals surface area contributed by atoms with E-state index in [9.17, 15) is 4.79 Å². The van der Waals surface area contributed by atoms with Gasteiger partial charge in [0.15, 0.2) is 0 Å². The minimum atomic E-state index is -0.179. The van der Waals surface area contributed by atoms with Gasteiger partial charge in [-0.05, 0) is 33.1 Å². The molecule has 0 bridgehead atoms. The third kappa shape index (κ3) is 2.88. The van der Waals surface area contributed by atoms with E-state index >= 15 is 0 Å². The lowest BCUT2D eigenvalue weighted by Crippen LogP contribution is -2.46. The fourth-order valence-electron chi connectivity index (χ4n) is 1.98. The van der Waals surface area contributed by atoms with Gasteiger partial charge in [-0.15, -0.1) is 0 Å². The number of carbonyl (C=O) groups excluding carboxylic acids is 1. The highest BCUT2D eigenvalue weighted by molar-refractivity contribution is 7.98. The zero-order chi connectivity index (χ0) is 11.5. The van der Waals surface area contributed by atoms with Crippen LogP contribution in [0.3, 0.4) is 0 Å². The van der Waals surface area contributed by atoms with Crippen molar-refractivity contribution in [2.45, 2.75) is 26.3 Å². The Morgan fingerprint density at radius 1 is 1.67 bits per heavy atom. The van der Waals surface area contributed by atoms with E-state index in [1.54, 1.807) is 11.8 Å². The molecule has 1 heterocycles. The first kappa shape index (κ1) is 12.8. The van der Waals surface area contributed by atoms with Crippen molar-refractivity contribution >= 4 is 17.7 Å². The Labute approximate surface area is 97.0 Å². The second-order valence-electron chi connectivity index (χ2n) is 4.71. The third-order valence-electron chi connectivity index (χ3n) is 3.27. The Morgan fingerprint density at radius 3 is 2.80 bits per heavy atom. The van der Waals surface area contributed by atoms with Gasteiger partial charge >= 0.3 is 0 Å². The van der Waals surface area contributed by atoms with Gasteiger partial charge in [0.05, 0.1) is 5.41 Å². The van der Waals surface area contributed by atoms with Gasteiger partial charge < -0.3 is 10.2 Å². The summed E-state index contributed by atoms with van der Waals surface area (Å²) in [6.45, 7) is 5.97. The number of amides is 1. The Balaban J connectivity index is 2.58. The zero-order valence-electron chi connectivity index (χ0n) is 10.2. The predicted molar refractivity (Wildman–Crippen MR) is 66.2 cm³/mol. The Bertz CT molecular complexity index is 227. The first-order valence-electron chi connectivity index (χ1n) is 5.48. The fourth-order valence-corrected chi connectivity index (χ4v) is 2.68. The average molecular weight is 230 g/mol. The molecule has 3 nitrogen and oxygen atoms in total. The first-order chi connectivity index (χ1) is 7.01. The highest BCUT2D eigenvalue weighted by Gasteiger charge is 2.39. The SMILES string of the molecule is CSCC(C)N(C)C(=O)C1(C)CCNC1. The van der Waals surface area contributed by atoms with Crippen LogP contribution in [0.15, 0.2) is 0 Å². The van der Waals surface area contributed by atoms with E-state index in [4.69, 9.17) is 0 Å². The summed E-state index contributed by atoms with van der Waals surface area (Å²) in [5.41, 5.74) is -0.179. The van der Waals surface area contributed by atoms with E-state index in [1.807, 2.05) is 11.9 Å². The van der Waals surface area contributed by atoms with Crippen LogP contribution in [0.1, 0.15) is 20.3 Å². The second kappa shape index (κ2) is 5.21. The molecule has 15 heavy (non-hydrogen) atoms. The Hall–Kier alpha value is -0.220. The summed E-state index contributed by atoms with van der Waals surface area (Å²) in [6.07, 6.45) is 3.04. The molecule has 4 heteroatoms. The minimum absolute atomic E-state index is 0.179. The molecule has 0 aromatic carbocycles. The topological polar surface area (TPSA) is 32.3 Å². The molecule has 1 amide bonds. The van der Waals surface area contributed by atoms with Gasteiger partial charge in [0, 0.05) is 25.4 Å². The van der Waals surface area contributed by atoms with Crippen LogP contribution in [0.2, 0.25) is 0 Å². The lowest BCUT2D eigenvalue weighted by atomic mass is 9.88. The zero-order valence-corrected chi connectivity index (χ0v) is 11.0. The van der Waals surface area contributed by atoms with Gasteiger partial charge in [0.1, 0.15) is 0 Å². The highest BCUT2D eigenvalue weighted by atomic mass is 32.2. The predicted octanol–water partition coefficient (Wildman–Crippen LogP) is 1.20. The number of nitrogens with one attached hydrogen (secondary N) is 1. The number of thioether (sulfide) groups is 1. The molecular formula is C11H22N2OS. The van der Waals surface area contributed by atoms with Crippen LogP contribution in [0.4, 0.5) is 0 Å². The van der Waals surface area contributed by atoms with E-state index in [2.05, 4.69) is 25.4 Å². The van der Waals surface area contributed by atoms with Gasteiger partial charge in [0.2, 0.25) is 5.91 Å². The van der Waals surface area contributed by atoms with Crippen LogP contribution in [0.25, 0.3) is 0 Å². The van der Waals surface area contributed by atoms with Gasteiger partial charge in [-0.2, -0.15) is 11.8 Å². The number of rotatable bonds is 4. The number of hydrogen-bond donors (Lipinski definition) is 1. The van der Waals surface area contributed by atoms with Gasteiger partial charge in [-0.1, -0.05) is 0 Å². The van der Waals surface area contributed by atoms with Crippen LogP contribution in [0.5, 0.6) is 0 Å². The summed E-state index contributed by atoms with van der Waals surface area (Å²) in [5.74, 6) is 1.29. The summed E-state index contributed by atoms with van der Waals surface area (Å²) >= 11 is 1.79. The van der Waals surface area contributed by atoms with Crippen molar-refractivity contribution in [3.8, 4) is 0 Å². The van der Waals surface area contributed by atoms with E-state index in [-0.39, 0.29) is 11.3 Å². The maximum Gasteiger partial charge on any atom is 0.229 e. The standard InChI is InChI=1S/C11H22N2OS/c1-9(7-15-4)13(3)10(14)11(2)5-6-12-8-11/h9,12H,5-8H2,1-4H3. The Kier molecular flexibility index (Phi) is 4.46. The number of nitrogens with zero attached hydrogens (tertiary/aromatic N) is 1. The van der Waals surface area contributed by atoms with Crippen molar-refractivity contribution in [1.29, 1.82) is 0 Å². The fraction of sp³-hybridized carbons (Fsp3) is 0.909. The number of carbonyl (C=O) groups is 1. The average Bonchev–Trinajstić information content (AvgIpc) is 2.64. The summed E-state index contributed by atoms with van der Waals surface area (Å²) in [7, 11) is 1.92. The van der Waals surface area contributed by atoms with Crippen molar-refractivity contribution in [2.24, 2.45) is 5.41 Å². The molecule has 1 aliphatic heterocycles. The summed E-state index contributed by atoms with van der Waals surface area (Å²) in [5, 5.41) is 3.27. The molecule has 1 rings (SSSR count). The van der Waals surface area contributed by atoms with Crippen molar-refractivity contribution in [2.75, 3.05) is 32.1 Å². The quantitative estimate of drug-likeness (QED) is 0.787. The molecule has 2 unspecified atom stereocenters. The first-order valence-corrected chi connectivity index (χ1v) is 6.87. The van der Waals surface area contributed by atoms with Crippen molar-refractivity contribution in [3.05, 3.63) is 0 Å². The largest absolute Gasteiger partial charge is 0.342 e. The van der Waals surface area contributed by atoms with Gasteiger partial charge in [0.25, 0.3) is 0 Å². The summed E-state index contributed by atoms with van der Waals surface area (Å²) < 4.78 is 0. The van der Waals surface area contributed by atoms with Crippen molar-refractivity contribution in [3.63, 3.8) is 0 Å². The molecule has 0 spiro atoms. The molecule has 0 aromatic heterocycles. The van der Waals surface area contributed by atoms with Crippen molar-refractivity contribution in [1.82, 2.24) is 10.2 Å². The van der Waals surface area contributed by atoms with Crippen LogP contribution in [0, 0.1) is 5.41 Å². The molecule has 1 N–H and O–H groups in total. The van der Waals surface area contributed by atoms with Crippen LogP contribution in [-0.4, -0.2) is 49.0 Å². The van der Waals surface area contributed by atoms with Gasteiger partial charge in [-0.25, -0.2) is 0 Å². The lowest BCUT2D eigenvalue weighted by Gasteiger charge is -2.32. The van der Waals surface area contributed by atoms with E-state index in [1.165, 1.54) is 0 Å². The highest BCUT2D eigenvalue weighted by Crippen LogP contribution is 2.27. The maximum absolute atomic E-state index is 12.3. The Morgan fingerprint density at radius 2 is 2.33 bits per heavy atom. The van der Waals surface area contributed by atoms with Crippen LogP contribution in [-0.2, 0) is 4.79 Å². The molecule has 0 radical (unpaired) electrons. The van der Waals surface area contributed by atoms with E-state index in [0.717, 1.165) is 25.3 Å². The summed E-state index contributed by atoms with van der Waals surface area (Å²) in [4.78, 5) is 14.2. The molecule has 1 saturated heterocycles. The molecular weight excluding hydrogens is 208 g/mol. The number of hydrogen-bond acceptors (Lipinski definition) is 3. The lowest BCUT2D eigenvalue weighted by molar-refractivity contribution is -0.140. The van der Waals surface area contributed by atoms with E-state index in [0.29, 0.717) is 6.04 Å². The second-order valence-corrected chi connectivity index (χ2v) is 5.62. The maximum atomic E-state index is 12.3. The normalized spacial score (nSPS) is 27.7. The monoisotopic (exact) mass is 230 g/mol. The van der Waals surface area contributed by atoms with Crippen LogP contribution >= 0.6 is 11.8 Å². The van der Waals surface area contributed by atoms with Gasteiger partial charge in [-0.3, -0.25) is 4.79 Å². The smallest absolute Gasteiger partial charge is 0.229 e.